The zero-order chi connectivity index (χ0) is 8.55. The summed E-state index contributed by atoms with van der Waals surface area (Å²) < 4.78 is 7.97. The summed E-state index contributed by atoms with van der Waals surface area (Å²) >= 11 is 5.79. The minimum Gasteiger partial charge on any atom is -0.489 e. The average molecular weight is 339 g/mol. The molecule has 1 saturated carbocycles. The highest BCUT2D eigenvalue weighted by molar-refractivity contribution is 14.1. The number of hydrogen-bond donors (Lipinski definition) is 0. The van der Waals surface area contributed by atoms with Crippen molar-refractivity contribution in [3.05, 3.63) is 26.2 Å². The van der Waals surface area contributed by atoms with E-state index in [9.17, 15) is 0 Å². The van der Waals surface area contributed by atoms with Crippen LogP contribution in [0, 0.1) is 3.57 Å². The average Bonchev–Trinajstić information content (AvgIpc) is 2.83. The highest BCUT2D eigenvalue weighted by atomic mass is 127. The van der Waals surface area contributed by atoms with E-state index in [4.69, 9.17) is 4.74 Å². The number of ether oxygens (including phenoxy) is 1. The van der Waals surface area contributed by atoms with E-state index < -0.39 is 0 Å². The molecular weight excluding hydrogens is 331 g/mol. The van der Waals surface area contributed by atoms with Crippen LogP contribution in [0.1, 0.15) is 12.8 Å². The molecule has 0 N–H and O–H groups in total. The summed E-state index contributed by atoms with van der Waals surface area (Å²) in [5.74, 6) is 0.976. The minimum atomic E-state index is 0.472. The van der Waals surface area contributed by atoms with Crippen LogP contribution in [0.3, 0.4) is 0 Å². The van der Waals surface area contributed by atoms with Gasteiger partial charge in [-0.15, -0.1) is 0 Å². The lowest BCUT2D eigenvalue weighted by Gasteiger charge is -2.07. The Morgan fingerprint density at radius 2 is 2.17 bits per heavy atom. The number of halogens is 2. The maximum atomic E-state index is 5.69. The van der Waals surface area contributed by atoms with Crippen molar-refractivity contribution in [2.24, 2.45) is 0 Å². The molecule has 0 bridgehead atoms. The summed E-state index contributed by atoms with van der Waals surface area (Å²) in [6.07, 6.45) is 2.88. The van der Waals surface area contributed by atoms with Crippen LogP contribution in [0.5, 0.6) is 5.75 Å². The Kier molecular flexibility index (Phi) is 2.60. The normalized spacial score (nSPS) is 16.2. The van der Waals surface area contributed by atoms with E-state index in [0.29, 0.717) is 6.10 Å². The smallest absolute Gasteiger partial charge is 0.134 e. The van der Waals surface area contributed by atoms with E-state index in [1.165, 1.54) is 16.4 Å². The fraction of sp³-hybridized carbons (Fsp3) is 0.333. The highest BCUT2D eigenvalue weighted by Crippen LogP contribution is 2.34. The van der Waals surface area contributed by atoms with Crippen LogP contribution in [0.25, 0.3) is 0 Å². The van der Waals surface area contributed by atoms with Gasteiger partial charge in [-0.2, -0.15) is 0 Å². The Morgan fingerprint density at radius 3 is 2.83 bits per heavy atom. The van der Waals surface area contributed by atoms with Gasteiger partial charge in [0.05, 0.1) is 10.6 Å². The van der Waals surface area contributed by atoms with Crippen molar-refractivity contribution < 1.29 is 4.74 Å². The first-order valence-electron chi connectivity index (χ1n) is 3.88. The van der Waals surface area contributed by atoms with Crippen molar-refractivity contribution in [1.82, 2.24) is 0 Å². The van der Waals surface area contributed by atoms with Crippen LogP contribution in [-0.4, -0.2) is 6.10 Å². The molecule has 0 spiro atoms. The zero-order valence-electron chi connectivity index (χ0n) is 6.39. The Hall–Kier alpha value is 0.230. The molecule has 1 fully saturated rings. The van der Waals surface area contributed by atoms with E-state index in [1.807, 2.05) is 12.1 Å². The van der Waals surface area contributed by atoms with Gasteiger partial charge < -0.3 is 4.74 Å². The quantitative estimate of drug-likeness (QED) is 0.749. The lowest BCUT2D eigenvalue weighted by atomic mass is 10.3. The Morgan fingerprint density at radius 1 is 1.42 bits per heavy atom. The van der Waals surface area contributed by atoms with Crippen LogP contribution in [0.15, 0.2) is 22.7 Å². The van der Waals surface area contributed by atoms with E-state index in [1.54, 1.807) is 0 Å². The molecule has 2 rings (SSSR count). The monoisotopic (exact) mass is 338 g/mol. The molecule has 1 aliphatic rings. The predicted molar refractivity (Wildman–Crippen MR) is 60.5 cm³/mol. The highest BCUT2D eigenvalue weighted by Gasteiger charge is 2.24. The second-order valence-corrected chi connectivity index (χ2v) is 4.82. The van der Waals surface area contributed by atoms with Crippen LogP contribution in [0.4, 0.5) is 0 Å². The molecule has 1 aromatic carbocycles. The number of hydrogen-bond acceptors (Lipinski definition) is 1. The summed E-state index contributed by atoms with van der Waals surface area (Å²) in [6.45, 7) is 0. The molecule has 3 heteroatoms. The maximum absolute atomic E-state index is 5.69. The molecule has 0 amide bonds. The third-order valence-corrected chi connectivity index (χ3v) is 4.19. The van der Waals surface area contributed by atoms with E-state index in [0.717, 1.165) is 10.2 Å². The molecule has 64 valence electrons. The number of benzene rings is 1. The van der Waals surface area contributed by atoms with Gasteiger partial charge in [-0.3, -0.25) is 0 Å². The van der Waals surface area contributed by atoms with Gasteiger partial charge in [-0.05, 0) is 63.5 Å². The summed E-state index contributed by atoms with van der Waals surface area (Å²) in [4.78, 5) is 0. The van der Waals surface area contributed by atoms with Gasteiger partial charge >= 0.3 is 0 Å². The van der Waals surface area contributed by atoms with E-state index >= 15 is 0 Å². The summed E-state index contributed by atoms with van der Waals surface area (Å²) in [5, 5.41) is 0. The van der Waals surface area contributed by atoms with Crippen LogP contribution < -0.4 is 4.74 Å². The molecule has 0 saturated heterocycles. The van der Waals surface area contributed by atoms with Gasteiger partial charge in [0.2, 0.25) is 0 Å². The van der Waals surface area contributed by atoms with Gasteiger partial charge in [-0.25, -0.2) is 0 Å². The predicted octanol–water partition coefficient (Wildman–Crippen LogP) is 3.59. The number of rotatable bonds is 2. The van der Waals surface area contributed by atoms with Crippen molar-refractivity contribution in [3.8, 4) is 5.75 Å². The molecule has 0 radical (unpaired) electrons. The summed E-state index contributed by atoms with van der Waals surface area (Å²) in [7, 11) is 0. The second kappa shape index (κ2) is 3.54. The van der Waals surface area contributed by atoms with Gasteiger partial charge in [0.1, 0.15) is 5.75 Å². The topological polar surface area (TPSA) is 9.23 Å². The first-order valence-corrected chi connectivity index (χ1v) is 5.75. The van der Waals surface area contributed by atoms with Gasteiger partial charge in [0.15, 0.2) is 0 Å². The molecule has 0 atom stereocenters. The van der Waals surface area contributed by atoms with Crippen molar-refractivity contribution >= 4 is 38.5 Å². The molecule has 12 heavy (non-hydrogen) atoms. The summed E-state index contributed by atoms with van der Waals surface area (Å²) in [6, 6.07) is 6.08. The van der Waals surface area contributed by atoms with Crippen LogP contribution in [0.2, 0.25) is 0 Å². The van der Waals surface area contributed by atoms with Gasteiger partial charge in [0.25, 0.3) is 0 Å². The molecule has 0 aliphatic heterocycles. The summed E-state index contributed by atoms with van der Waals surface area (Å²) in [5.41, 5.74) is 0. The third kappa shape index (κ3) is 1.93. The minimum absolute atomic E-state index is 0.472. The van der Waals surface area contributed by atoms with Crippen molar-refractivity contribution in [2.45, 2.75) is 18.9 Å². The molecule has 0 heterocycles. The first-order chi connectivity index (χ1) is 5.77. The molecule has 0 unspecified atom stereocenters. The molecule has 0 aromatic heterocycles. The fourth-order valence-electron chi connectivity index (χ4n) is 0.940. The lowest BCUT2D eigenvalue weighted by molar-refractivity contribution is 0.301. The molecule has 1 aromatic rings. The lowest BCUT2D eigenvalue weighted by Crippen LogP contribution is -1.96. The second-order valence-electron chi connectivity index (χ2n) is 2.87. The van der Waals surface area contributed by atoms with Crippen molar-refractivity contribution in [2.75, 3.05) is 0 Å². The van der Waals surface area contributed by atoms with Crippen molar-refractivity contribution in [3.63, 3.8) is 0 Å². The van der Waals surface area contributed by atoms with Crippen LogP contribution >= 0.6 is 38.5 Å². The maximum Gasteiger partial charge on any atom is 0.134 e. The SMILES string of the molecule is Brc1c(I)cccc1OC1CC1. The van der Waals surface area contributed by atoms with Gasteiger partial charge in [0, 0.05) is 3.57 Å². The van der Waals surface area contributed by atoms with Gasteiger partial charge in [-0.1, -0.05) is 6.07 Å². The largest absolute Gasteiger partial charge is 0.489 e. The zero-order valence-corrected chi connectivity index (χ0v) is 10.1. The molecule has 1 aliphatic carbocycles. The molecular formula is C9H8BrIO. The van der Waals surface area contributed by atoms with Crippen molar-refractivity contribution in [1.29, 1.82) is 0 Å². The van der Waals surface area contributed by atoms with E-state index in [2.05, 4.69) is 44.6 Å². The Balaban J connectivity index is 2.23. The third-order valence-electron chi connectivity index (χ3n) is 1.73. The van der Waals surface area contributed by atoms with Crippen LogP contribution in [-0.2, 0) is 0 Å². The molecule has 1 nitrogen and oxygen atoms in total. The Bertz CT molecular complexity index is 297. The standard InChI is InChI=1S/C9H8BrIO/c10-9-7(11)2-1-3-8(9)12-6-4-5-6/h1-3,6H,4-5H2. The first kappa shape index (κ1) is 8.81. The fourth-order valence-corrected chi connectivity index (χ4v) is 1.77. The van der Waals surface area contributed by atoms with E-state index in [-0.39, 0.29) is 0 Å². The Labute approximate surface area is 93.8 Å².